The van der Waals surface area contributed by atoms with Crippen LogP contribution in [0.4, 0.5) is 0 Å². The molecule has 0 saturated heterocycles. The van der Waals surface area contributed by atoms with Gasteiger partial charge in [0.15, 0.2) is 0 Å². The Kier molecular flexibility index (Phi) is 5.09. The van der Waals surface area contributed by atoms with Crippen molar-refractivity contribution in [1.82, 2.24) is 5.32 Å². The Morgan fingerprint density at radius 2 is 1.85 bits per heavy atom. The molecule has 0 radical (unpaired) electrons. The molecular weight excluding hydrogens is 246 g/mol. The van der Waals surface area contributed by atoms with Crippen LogP contribution in [0.5, 0.6) is 5.75 Å². The summed E-state index contributed by atoms with van der Waals surface area (Å²) in [5.41, 5.74) is 0.371. The second-order valence-corrected chi connectivity index (χ2v) is 7.01. The Morgan fingerprint density at radius 1 is 1.15 bits per heavy atom. The molecular formula is C18H29NO. The minimum absolute atomic E-state index is 0.287. The van der Waals surface area contributed by atoms with Crippen LogP contribution in [-0.2, 0) is 0 Å². The van der Waals surface area contributed by atoms with Gasteiger partial charge in [0.2, 0.25) is 0 Å². The van der Waals surface area contributed by atoms with Crippen molar-refractivity contribution in [2.24, 2.45) is 11.3 Å². The van der Waals surface area contributed by atoms with Crippen molar-refractivity contribution in [3.8, 4) is 5.75 Å². The monoisotopic (exact) mass is 275 g/mol. The molecule has 2 rings (SSSR count). The van der Waals surface area contributed by atoms with E-state index >= 15 is 0 Å². The lowest BCUT2D eigenvalue weighted by Crippen LogP contribution is -2.48. The SMILES string of the molecule is CCNC1CCC(C(C)(C)C)CC1Oc1ccccc1. The minimum atomic E-state index is 0.287. The zero-order chi connectivity index (χ0) is 14.6. The summed E-state index contributed by atoms with van der Waals surface area (Å²) in [7, 11) is 0. The molecule has 1 aromatic rings. The van der Waals surface area contributed by atoms with Gasteiger partial charge in [-0.3, -0.25) is 0 Å². The number of rotatable bonds is 4. The van der Waals surface area contributed by atoms with Gasteiger partial charge in [-0.1, -0.05) is 45.9 Å². The summed E-state index contributed by atoms with van der Waals surface area (Å²) >= 11 is 0. The van der Waals surface area contributed by atoms with Crippen molar-refractivity contribution in [2.45, 2.75) is 59.1 Å². The Labute approximate surface area is 123 Å². The summed E-state index contributed by atoms with van der Waals surface area (Å²) < 4.78 is 6.28. The Bertz CT molecular complexity index is 396. The van der Waals surface area contributed by atoms with E-state index in [1.807, 2.05) is 18.2 Å². The third-order valence-corrected chi connectivity index (χ3v) is 4.51. The van der Waals surface area contributed by atoms with E-state index in [9.17, 15) is 0 Å². The van der Waals surface area contributed by atoms with E-state index in [0.29, 0.717) is 11.5 Å². The van der Waals surface area contributed by atoms with Crippen molar-refractivity contribution in [2.75, 3.05) is 6.54 Å². The Hall–Kier alpha value is -1.02. The Morgan fingerprint density at radius 3 is 2.45 bits per heavy atom. The van der Waals surface area contributed by atoms with Crippen LogP contribution in [0.25, 0.3) is 0 Å². The smallest absolute Gasteiger partial charge is 0.119 e. The molecule has 20 heavy (non-hydrogen) atoms. The summed E-state index contributed by atoms with van der Waals surface area (Å²) in [6.45, 7) is 10.2. The van der Waals surface area contributed by atoms with E-state index in [1.54, 1.807) is 0 Å². The molecule has 0 aliphatic heterocycles. The minimum Gasteiger partial charge on any atom is -0.489 e. The van der Waals surface area contributed by atoms with Crippen LogP contribution in [0.2, 0.25) is 0 Å². The predicted molar refractivity (Wildman–Crippen MR) is 85.1 cm³/mol. The fourth-order valence-electron chi connectivity index (χ4n) is 3.22. The third-order valence-electron chi connectivity index (χ3n) is 4.51. The fourth-order valence-corrected chi connectivity index (χ4v) is 3.22. The Balaban J connectivity index is 2.07. The lowest BCUT2D eigenvalue weighted by atomic mass is 9.70. The molecule has 0 spiro atoms. The largest absolute Gasteiger partial charge is 0.489 e. The summed E-state index contributed by atoms with van der Waals surface area (Å²) in [4.78, 5) is 0. The van der Waals surface area contributed by atoms with Gasteiger partial charge in [0, 0.05) is 6.04 Å². The van der Waals surface area contributed by atoms with Gasteiger partial charge in [0.25, 0.3) is 0 Å². The molecule has 0 bridgehead atoms. The zero-order valence-electron chi connectivity index (χ0n) is 13.4. The normalized spacial score (nSPS) is 27.3. The number of likely N-dealkylation sites (N-methyl/N-ethyl adjacent to an activating group) is 1. The maximum absolute atomic E-state index is 6.28. The number of benzene rings is 1. The second kappa shape index (κ2) is 6.62. The summed E-state index contributed by atoms with van der Waals surface area (Å²) in [6.07, 6.45) is 3.95. The number of nitrogens with one attached hydrogen (secondary N) is 1. The number of para-hydroxylation sites is 1. The van der Waals surface area contributed by atoms with E-state index in [-0.39, 0.29) is 6.10 Å². The average Bonchev–Trinajstić information content (AvgIpc) is 2.41. The molecule has 1 saturated carbocycles. The molecule has 1 N–H and O–H groups in total. The molecule has 0 heterocycles. The lowest BCUT2D eigenvalue weighted by Gasteiger charge is -2.42. The zero-order valence-corrected chi connectivity index (χ0v) is 13.4. The van der Waals surface area contributed by atoms with E-state index < -0.39 is 0 Å². The second-order valence-electron chi connectivity index (χ2n) is 7.01. The molecule has 1 aliphatic rings. The van der Waals surface area contributed by atoms with Crippen molar-refractivity contribution < 1.29 is 4.74 Å². The highest BCUT2D eigenvalue weighted by atomic mass is 16.5. The van der Waals surface area contributed by atoms with Crippen LogP contribution in [0.1, 0.15) is 47.0 Å². The molecule has 1 aliphatic carbocycles. The molecule has 2 heteroatoms. The highest BCUT2D eigenvalue weighted by Crippen LogP contribution is 2.39. The van der Waals surface area contributed by atoms with Crippen LogP contribution in [0, 0.1) is 11.3 Å². The molecule has 1 fully saturated rings. The van der Waals surface area contributed by atoms with Gasteiger partial charge in [-0.2, -0.15) is 0 Å². The first-order valence-corrected chi connectivity index (χ1v) is 7.95. The molecule has 3 atom stereocenters. The molecule has 2 nitrogen and oxygen atoms in total. The van der Waals surface area contributed by atoms with E-state index in [2.05, 4.69) is 45.1 Å². The highest BCUT2D eigenvalue weighted by Gasteiger charge is 2.36. The van der Waals surface area contributed by atoms with E-state index in [1.165, 1.54) is 12.8 Å². The third kappa shape index (κ3) is 3.99. The van der Waals surface area contributed by atoms with Gasteiger partial charge in [0.1, 0.15) is 11.9 Å². The summed E-state index contributed by atoms with van der Waals surface area (Å²) in [5, 5.41) is 3.60. The summed E-state index contributed by atoms with van der Waals surface area (Å²) in [5.74, 6) is 1.74. The van der Waals surface area contributed by atoms with Gasteiger partial charge < -0.3 is 10.1 Å². The predicted octanol–water partition coefficient (Wildman–Crippen LogP) is 4.26. The van der Waals surface area contributed by atoms with Crippen LogP contribution < -0.4 is 10.1 Å². The van der Waals surface area contributed by atoms with Gasteiger partial charge in [-0.25, -0.2) is 0 Å². The first-order valence-electron chi connectivity index (χ1n) is 7.95. The van der Waals surface area contributed by atoms with Gasteiger partial charge in [0.05, 0.1) is 0 Å². The molecule has 0 aromatic heterocycles. The molecule has 1 aromatic carbocycles. The first-order chi connectivity index (χ1) is 9.50. The number of ether oxygens (including phenoxy) is 1. The van der Waals surface area contributed by atoms with Gasteiger partial charge >= 0.3 is 0 Å². The summed E-state index contributed by atoms with van der Waals surface area (Å²) in [6, 6.07) is 10.7. The van der Waals surface area contributed by atoms with E-state index in [4.69, 9.17) is 4.74 Å². The number of hydrogen-bond donors (Lipinski definition) is 1. The van der Waals surface area contributed by atoms with Crippen molar-refractivity contribution in [3.63, 3.8) is 0 Å². The van der Waals surface area contributed by atoms with Crippen LogP contribution in [-0.4, -0.2) is 18.7 Å². The maximum atomic E-state index is 6.28. The van der Waals surface area contributed by atoms with Gasteiger partial charge in [-0.15, -0.1) is 0 Å². The molecule has 3 unspecified atom stereocenters. The van der Waals surface area contributed by atoms with Crippen molar-refractivity contribution >= 4 is 0 Å². The number of hydrogen-bond acceptors (Lipinski definition) is 2. The quantitative estimate of drug-likeness (QED) is 0.886. The van der Waals surface area contributed by atoms with Crippen LogP contribution in [0.3, 0.4) is 0 Å². The molecule has 112 valence electrons. The van der Waals surface area contributed by atoms with Gasteiger partial charge in [-0.05, 0) is 49.3 Å². The fraction of sp³-hybridized carbons (Fsp3) is 0.667. The van der Waals surface area contributed by atoms with Crippen LogP contribution in [0.15, 0.2) is 30.3 Å². The lowest BCUT2D eigenvalue weighted by molar-refractivity contribution is 0.0477. The van der Waals surface area contributed by atoms with E-state index in [0.717, 1.165) is 24.6 Å². The van der Waals surface area contributed by atoms with Crippen molar-refractivity contribution in [1.29, 1.82) is 0 Å². The standard InChI is InChI=1S/C18H29NO/c1-5-19-16-12-11-14(18(2,3)4)13-17(16)20-15-9-7-6-8-10-15/h6-10,14,16-17,19H,5,11-13H2,1-4H3. The first kappa shape index (κ1) is 15.4. The topological polar surface area (TPSA) is 21.3 Å². The molecule has 0 amide bonds. The van der Waals surface area contributed by atoms with Crippen molar-refractivity contribution in [3.05, 3.63) is 30.3 Å². The van der Waals surface area contributed by atoms with Crippen LogP contribution >= 0.6 is 0 Å². The average molecular weight is 275 g/mol. The maximum Gasteiger partial charge on any atom is 0.119 e. The highest BCUT2D eigenvalue weighted by molar-refractivity contribution is 5.21.